The molecule has 2 heterocycles. The molecule has 1 unspecified atom stereocenters. The van der Waals surface area contributed by atoms with Gasteiger partial charge in [-0.15, -0.1) is 0 Å². The molecule has 0 bridgehead atoms. The fraction of sp³-hybridized carbons (Fsp3) is 0.333. The van der Waals surface area contributed by atoms with E-state index in [1.807, 2.05) is 22.9 Å². The molecule has 0 fully saturated rings. The second-order valence-corrected chi connectivity index (χ2v) is 7.20. The molecular weight excluding hydrogens is 307 g/mol. The van der Waals surface area contributed by atoms with Crippen molar-refractivity contribution in [3.63, 3.8) is 0 Å². The van der Waals surface area contributed by atoms with E-state index < -0.39 is 15.8 Å². The summed E-state index contributed by atoms with van der Waals surface area (Å²) in [6.07, 6.45) is 1.68. The lowest BCUT2D eigenvalue weighted by atomic mass is 10.3. The quantitative estimate of drug-likeness (QED) is 0.866. The molecule has 3 rings (SSSR count). The second-order valence-electron chi connectivity index (χ2n) is 5.26. The number of hydrogen-bond acceptors (Lipinski definition) is 3. The molecule has 1 aliphatic rings. The van der Waals surface area contributed by atoms with Crippen LogP contribution in [0.1, 0.15) is 5.69 Å². The normalized spacial score (nSPS) is 19.6. The smallest absolute Gasteiger partial charge is 0.243 e. The molecule has 0 N–H and O–H groups in total. The zero-order valence-electron chi connectivity index (χ0n) is 12.1. The van der Waals surface area contributed by atoms with Crippen LogP contribution >= 0.6 is 0 Å². The van der Waals surface area contributed by atoms with Crippen LogP contribution in [-0.4, -0.2) is 37.0 Å². The van der Waals surface area contributed by atoms with Gasteiger partial charge in [0.25, 0.3) is 0 Å². The van der Waals surface area contributed by atoms with E-state index in [-0.39, 0.29) is 24.1 Å². The van der Waals surface area contributed by atoms with Gasteiger partial charge in [0, 0.05) is 32.1 Å². The van der Waals surface area contributed by atoms with Crippen LogP contribution in [0.25, 0.3) is 0 Å². The Kier molecular flexibility index (Phi) is 4.03. The summed E-state index contributed by atoms with van der Waals surface area (Å²) in [5.74, 6) is -0.460. The van der Waals surface area contributed by atoms with Gasteiger partial charge in [-0.25, -0.2) is 12.8 Å². The van der Waals surface area contributed by atoms with Gasteiger partial charge in [0.05, 0.1) is 17.5 Å². The van der Waals surface area contributed by atoms with Crippen LogP contribution in [0.15, 0.2) is 47.5 Å². The molecule has 1 aromatic carbocycles. The third kappa shape index (κ3) is 2.79. The first-order valence-corrected chi connectivity index (χ1v) is 8.37. The molecule has 1 atom stereocenters. The van der Waals surface area contributed by atoms with Crippen molar-refractivity contribution in [3.05, 3.63) is 54.1 Å². The molecule has 118 valence electrons. The number of sulfonamides is 1. The van der Waals surface area contributed by atoms with E-state index in [0.717, 1.165) is 17.8 Å². The fourth-order valence-corrected chi connectivity index (χ4v) is 4.05. The summed E-state index contributed by atoms with van der Waals surface area (Å²) in [4.78, 5) is 0.0868. The summed E-state index contributed by atoms with van der Waals surface area (Å²) in [5, 5.41) is 0. The maximum atomic E-state index is 13.0. The number of hydrogen-bond donors (Lipinski definition) is 0. The minimum Gasteiger partial charge on any atom is -0.378 e. The Balaban J connectivity index is 1.97. The summed E-state index contributed by atoms with van der Waals surface area (Å²) in [7, 11) is -2.12. The van der Waals surface area contributed by atoms with E-state index >= 15 is 0 Å². The van der Waals surface area contributed by atoms with Crippen LogP contribution in [0, 0.1) is 5.82 Å². The van der Waals surface area contributed by atoms with E-state index in [1.165, 1.54) is 16.4 Å². The lowest BCUT2D eigenvalue weighted by Gasteiger charge is -2.23. The minimum absolute atomic E-state index is 0.0868. The van der Waals surface area contributed by atoms with E-state index in [9.17, 15) is 12.8 Å². The van der Waals surface area contributed by atoms with Crippen molar-refractivity contribution in [2.75, 3.05) is 13.7 Å². The van der Waals surface area contributed by atoms with Crippen molar-refractivity contribution in [1.82, 2.24) is 8.87 Å². The van der Waals surface area contributed by atoms with Gasteiger partial charge in [-0.2, -0.15) is 4.31 Å². The van der Waals surface area contributed by atoms with Crippen molar-refractivity contribution in [3.8, 4) is 0 Å². The summed E-state index contributed by atoms with van der Waals surface area (Å²) in [6, 6.07) is 8.66. The zero-order valence-corrected chi connectivity index (χ0v) is 13.0. The molecule has 1 aliphatic heterocycles. The Labute approximate surface area is 129 Å². The number of halogens is 1. The molecule has 7 heteroatoms. The average Bonchev–Trinajstić information content (AvgIpc) is 2.85. The number of benzene rings is 1. The summed E-state index contributed by atoms with van der Waals surface area (Å²) in [6.45, 7) is 1.14. The Bertz CT molecular complexity index is 755. The van der Waals surface area contributed by atoms with Crippen molar-refractivity contribution in [1.29, 1.82) is 0 Å². The Morgan fingerprint density at radius 1 is 1.18 bits per heavy atom. The molecule has 0 radical (unpaired) electrons. The highest BCUT2D eigenvalue weighted by Crippen LogP contribution is 2.23. The number of fused-ring (bicyclic) bond motifs is 1. The number of ether oxygens (including phenoxy) is 1. The molecule has 0 aliphatic carbocycles. The van der Waals surface area contributed by atoms with Crippen LogP contribution in [-0.2, 0) is 27.8 Å². The van der Waals surface area contributed by atoms with Crippen molar-refractivity contribution in [2.45, 2.75) is 24.1 Å². The van der Waals surface area contributed by atoms with Crippen LogP contribution in [0.4, 0.5) is 4.39 Å². The highest BCUT2D eigenvalue weighted by molar-refractivity contribution is 7.89. The Morgan fingerprint density at radius 2 is 1.91 bits per heavy atom. The van der Waals surface area contributed by atoms with Crippen molar-refractivity contribution in [2.24, 2.45) is 0 Å². The van der Waals surface area contributed by atoms with Gasteiger partial charge in [0.15, 0.2) is 0 Å². The van der Waals surface area contributed by atoms with Gasteiger partial charge in [-0.05, 0) is 36.4 Å². The van der Waals surface area contributed by atoms with Crippen LogP contribution in [0.5, 0.6) is 0 Å². The molecule has 0 saturated heterocycles. The highest BCUT2D eigenvalue weighted by atomic mass is 32.2. The summed E-state index contributed by atoms with van der Waals surface area (Å²) >= 11 is 0. The van der Waals surface area contributed by atoms with Gasteiger partial charge in [0.2, 0.25) is 10.0 Å². The third-order valence-corrected chi connectivity index (χ3v) is 5.68. The van der Waals surface area contributed by atoms with Gasteiger partial charge < -0.3 is 9.30 Å². The third-order valence-electron chi connectivity index (χ3n) is 3.85. The van der Waals surface area contributed by atoms with Crippen LogP contribution in [0.2, 0.25) is 0 Å². The predicted octanol–water partition coefficient (Wildman–Crippen LogP) is 1.85. The SMILES string of the molecule is COC1CN(S(=O)(=O)c2ccc(F)cc2)Cc2cccn2C1. The standard InChI is InChI=1S/C15H17FN2O3S/c1-21-14-10-17-8-2-3-13(17)9-18(11-14)22(19,20)15-6-4-12(16)5-7-15/h2-8,14H,9-11H2,1H3. The maximum Gasteiger partial charge on any atom is 0.243 e. The molecule has 5 nitrogen and oxygen atoms in total. The molecule has 1 aromatic heterocycles. The Hall–Kier alpha value is -1.70. The first-order valence-electron chi connectivity index (χ1n) is 6.93. The van der Waals surface area contributed by atoms with Gasteiger partial charge >= 0.3 is 0 Å². The molecule has 0 amide bonds. The van der Waals surface area contributed by atoms with E-state index in [2.05, 4.69) is 0 Å². The maximum absolute atomic E-state index is 13.0. The summed E-state index contributed by atoms with van der Waals surface area (Å²) < 4.78 is 47.4. The Morgan fingerprint density at radius 3 is 2.59 bits per heavy atom. The fourth-order valence-electron chi connectivity index (χ4n) is 2.61. The number of nitrogens with zero attached hydrogens (tertiary/aromatic N) is 2. The van der Waals surface area contributed by atoms with E-state index in [0.29, 0.717) is 6.54 Å². The second kappa shape index (κ2) is 5.83. The highest BCUT2D eigenvalue weighted by Gasteiger charge is 2.30. The number of methoxy groups -OCH3 is 1. The van der Waals surface area contributed by atoms with Crippen molar-refractivity contribution >= 4 is 10.0 Å². The first kappa shape index (κ1) is 15.2. The average molecular weight is 324 g/mol. The van der Waals surface area contributed by atoms with Gasteiger partial charge in [-0.1, -0.05) is 0 Å². The number of aromatic nitrogens is 1. The molecule has 0 spiro atoms. The largest absolute Gasteiger partial charge is 0.378 e. The van der Waals surface area contributed by atoms with Crippen molar-refractivity contribution < 1.29 is 17.5 Å². The van der Waals surface area contributed by atoms with Crippen LogP contribution in [0.3, 0.4) is 0 Å². The summed E-state index contributed by atoms with van der Waals surface area (Å²) in [5.41, 5.74) is 0.908. The molecule has 22 heavy (non-hydrogen) atoms. The number of rotatable bonds is 3. The van der Waals surface area contributed by atoms with E-state index in [1.54, 1.807) is 7.11 Å². The minimum atomic E-state index is -3.69. The van der Waals surface area contributed by atoms with Crippen LogP contribution < -0.4 is 0 Å². The van der Waals surface area contributed by atoms with E-state index in [4.69, 9.17) is 4.74 Å². The van der Waals surface area contributed by atoms with Gasteiger partial charge in [0.1, 0.15) is 5.82 Å². The monoisotopic (exact) mass is 324 g/mol. The van der Waals surface area contributed by atoms with Gasteiger partial charge in [-0.3, -0.25) is 0 Å². The molecule has 0 saturated carbocycles. The zero-order chi connectivity index (χ0) is 15.7. The molecule has 2 aromatic rings. The first-order chi connectivity index (χ1) is 10.5. The lowest BCUT2D eigenvalue weighted by Crippen LogP contribution is -2.36. The topological polar surface area (TPSA) is 51.5 Å². The predicted molar refractivity (Wildman–Crippen MR) is 79.2 cm³/mol. The molecular formula is C15H17FN2O3S. The lowest BCUT2D eigenvalue weighted by molar-refractivity contribution is 0.0770.